The largest absolute Gasteiger partial charge is 0.368 e. The van der Waals surface area contributed by atoms with Gasteiger partial charge >= 0.3 is 0 Å². The minimum Gasteiger partial charge on any atom is -0.368 e. The Morgan fingerprint density at radius 3 is 3.09 bits per heavy atom. The zero-order valence-electron chi connectivity index (χ0n) is 12.7. The van der Waals surface area contributed by atoms with Crippen LogP contribution in [0.4, 0.5) is 5.13 Å². The Labute approximate surface area is 134 Å². The first-order valence-corrected chi connectivity index (χ1v) is 9.05. The van der Waals surface area contributed by atoms with Gasteiger partial charge in [-0.15, -0.1) is 10.2 Å². The number of amides is 1. The molecule has 2 aliphatic heterocycles. The summed E-state index contributed by atoms with van der Waals surface area (Å²) in [6.07, 6.45) is 6.30. The van der Waals surface area contributed by atoms with E-state index in [4.69, 9.17) is 4.74 Å². The Hall–Kier alpha value is -1.21. The fraction of sp³-hybridized carbons (Fsp3) is 0.800. The second-order valence-corrected chi connectivity index (χ2v) is 7.70. The zero-order chi connectivity index (χ0) is 15.0. The van der Waals surface area contributed by atoms with E-state index in [1.165, 1.54) is 6.42 Å². The summed E-state index contributed by atoms with van der Waals surface area (Å²) in [5.41, 5.74) is 1.88. The molecule has 3 heterocycles. The van der Waals surface area contributed by atoms with E-state index < -0.39 is 0 Å². The summed E-state index contributed by atoms with van der Waals surface area (Å²) in [6.45, 7) is 2.64. The first-order chi connectivity index (χ1) is 10.7. The van der Waals surface area contributed by atoms with Crippen molar-refractivity contribution in [3.05, 3.63) is 5.51 Å². The van der Waals surface area contributed by atoms with Crippen LogP contribution in [0.3, 0.4) is 0 Å². The molecule has 1 aromatic rings. The Bertz CT molecular complexity index is 534. The van der Waals surface area contributed by atoms with Crippen molar-refractivity contribution in [2.45, 2.75) is 50.7 Å². The smallest absolute Gasteiger partial charge is 0.249 e. The highest BCUT2D eigenvalue weighted by Crippen LogP contribution is 2.42. The summed E-state index contributed by atoms with van der Waals surface area (Å²) in [4.78, 5) is 14.6. The first-order valence-electron chi connectivity index (χ1n) is 8.17. The van der Waals surface area contributed by atoms with Gasteiger partial charge < -0.3 is 15.0 Å². The van der Waals surface area contributed by atoms with Gasteiger partial charge in [0, 0.05) is 24.5 Å². The summed E-state index contributed by atoms with van der Waals surface area (Å²) >= 11 is 1.58. The van der Waals surface area contributed by atoms with Crippen molar-refractivity contribution in [1.82, 2.24) is 15.5 Å². The molecule has 1 spiro atoms. The first kappa shape index (κ1) is 14.4. The minimum atomic E-state index is -0.269. The van der Waals surface area contributed by atoms with E-state index >= 15 is 0 Å². The molecule has 22 heavy (non-hydrogen) atoms. The fourth-order valence-corrected chi connectivity index (χ4v) is 4.35. The summed E-state index contributed by atoms with van der Waals surface area (Å²) in [6, 6.07) is 0.386. The lowest BCUT2D eigenvalue weighted by atomic mass is 9.78. The lowest BCUT2D eigenvalue weighted by Crippen LogP contribution is -2.46. The molecule has 0 radical (unpaired) electrons. The molecule has 0 bridgehead atoms. The number of nitrogens with zero attached hydrogens (tertiary/aromatic N) is 3. The van der Waals surface area contributed by atoms with Crippen molar-refractivity contribution in [1.29, 1.82) is 0 Å². The molecule has 3 fully saturated rings. The number of aromatic nitrogens is 2. The number of carbonyl (C=O) groups excluding carboxylic acids is 1. The van der Waals surface area contributed by atoms with Crippen LogP contribution < -0.4 is 10.2 Å². The molecule has 1 amide bonds. The van der Waals surface area contributed by atoms with Crippen LogP contribution in [0.5, 0.6) is 0 Å². The van der Waals surface area contributed by atoms with E-state index in [1.807, 2.05) is 0 Å². The quantitative estimate of drug-likeness (QED) is 0.915. The van der Waals surface area contributed by atoms with Gasteiger partial charge in [-0.2, -0.15) is 0 Å². The molecule has 7 heteroatoms. The standard InChI is InChI=1S/C15H22N4O2S/c20-13(17-11-3-1-4-11)12-7-15(9-21-12)5-2-6-19(8-15)14-18-16-10-22-14/h10-12H,1-9H2,(H,17,20). The molecule has 1 aromatic heterocycles. The van der Waals surface area contributed by atoms with E-state index in [2.05, 4.69) is 20.4 Å². The topological polar surface area (TPSA) is 67.4 Å². The number of ether oxygens (including phenoxy) is 1. The second kappa shape index (κ2) is 5.77. The van der Waals surface area contributed by atoms with Crippen molar-refractivity contribution in [2.24, 2.45) is 5.41 Å². The van der Waals surface area contributed by atoms with E-state index in [0.29, 0.717) is 12.6 Å². The minimum absolute atomic E-state index is 0.0922. The molecular weight excluding hydrogens is 300 g/mol. The van der Waals surface area contributed by atoms with Gasteiger partial charge in [-0.05, 0) is 38.5 Å². The van der Waals surface area contributed by atoms with Crippen LogP contribution in [0, 0.1) is 5.41 Å². The molecule has 3 aliphatic rings. The van der Waals surface area contributed by atoms with Crippen LogP contribution in [0.15, 0.2) is 5.51 Å². The summed E-state index contributed by atoms with van der Waals surface area (Å²) in [7, 11) is 0. The monoisotopic (exact) mass is 322 g/mol. The predicted molar refractivity (Wildman–Crippen MR) is 83.9 cm³/mol. The molecule has 2 atom stereocenters. The number of hydrogen-bond acceptors (Lipinski definition) is 6. The maximum Gasteiger partial charge on any atom is 0.249 e. The van der Waals surface area contributed by atoms with Gasteiger partial charge in [-0.3, -0.25) is 4.79 Å². The molecule has 0 aromatic carbocycles. The molecular formula is C15H22N4O2S. The number of carbonyl (C=O) groups is 1. The normalized spacial score (nSPS) is 32.2. The van der Waals surface area contributed by atoms with Crippen LogP contribution in [-0.2, 0) is 9.53 Å². The van der Waals surface area contributed by atoms with E-state index in [-0.39, 0.29) is 17.4 Å². The molecule has 1 saturated carbocycles. The maximum absolute atomic E-state index is 12.3. The number of piperidine rings is 1. The number of nitrogens with one attached hydrogen (secondary N) is 1. The van der Waals surface area contributed by atoms with Crippen molar-refractivity contribution in [2.75, 3.05) is 24.6 Å². The third-order valence-corrected chi connectivity index (χ3v) is 5.98. The fourth-order valence-electron chi connectivity index (χ4n) is 3.76. The second-order valence-electron chi connectivity index (χ2n) is 6.89. The van der Waals surface area contributed by atoms with Gasteiger partial charge in [0.05, 0.1) is 6.61 Å². The lowest BCUT2D eigenvalue weighted by molar-refractivity contribution is -0.131. The van der Waals surface area contributed by atoms with Gasteiger partial charge in [0.25, 0.3) is 0 Å². The number of hydrogen-bond donors (Lipinski definition) is 1. The molecule has 120 valence electrons. The third-order valence-electron chi connectivity index (χ3n) is 5.23. The highest BCUT2D eigenvalue weighted by Gasteiger charge is 2.46. The Balaban J connectivity index is 1.38. The predicted octanol–water partition coefficient (Wildman–Crippen LogP) is 1.58. The average molecular weight is 322 g/mol. The molecule has 1 N–H and O–H groups in total. The van der Waals surface area contributed by atoms with Crippen molar-refractivity contribution in [3.8, 4) is 0 Å². The zero-order valence-corrected chi connectivity index (χ0v) is 13.5. The average Bonchev–Trinajstić information content (AvgIpc) is 3.13. The number of rotatable bonds is 3. The Morgan fingerprint density at radius 1 is 1.45 bits per heavy atom. The van der Waals surface area contributed by atoms with Gasteiger partial charge in [0.2, 0.25) is 11.0 Å². The van der Waals surface area contributed by atoms with Crippen LogP contribution in [0.2, 0.25) is 0 Å². The molecule has 2 unspecified atom stereocenters. The summed E-state index contributed by atoms with van der Waals surface area (Å²) in [5, 5.41) is 12.2. The summed E-state index contributed by atoms with van der Waals surface area (Å²) < 4.78 is 5.87. The van der Waals surface area contributed by atoms with E-state index in [0.717, 1.165) is 50.3 Å². The lowest BCUT2D eigenvalue weighted by Gasteiger charge is -2.39. The van der Waals surface area contributed by atoms with Crippen molar-refractivity contribution in [3.63, 3.8) is 0 Å². The van der Waals surface area contributed by atoms with Crippen LogP contribution in [0.25, 0.3) is 0 Å². The van der Waals surface area contributed by atoms with Crippen molar-refractivity contribution >= 4 is 22.4 Å². The van der Waals surface area contributed by atoms with Gasteiger partial charge in [0.1, 0.15) is 11.6 Å². The highest BCUT2D eigenvalue weighted by molar-refractivity contribution is 7.13. The van der Waals surface area contributed by atoms with Gasteiger partial charge in [0.15, 0.2) is 0 Å². The van der Waals surface area contributed by atoms with Gasteiger partial charge in [-0.25, -0.2) is 0 Å². The van der Waals surface area contributed by atoms with Crippen molar-refractivity contribution < 1.29 is 9.53 Å². The molecule has 6 nitrogen and oxygen atoms in total. The number of anilines is 1. The van der Waals surface area contributed by atoms with Crippen LogP contribution in [-0.4, -0.2) is 47.9 Å². The molecule has 1 aliphatic carbocycles. The maximum atomic E-state index is 12.3. The Morgan fingerprint density at radius 2 is 2.36 bits per heavy atom. The third kappa shape index (κ3) is 2.72. The summed E-state index contributed by atoms with van der Waals surface area (Å²) in [5.74, 6) is 0.0922. The van der Waals surface area contributed by atoms with E-state index in [9.17, 15) is 4.79 Å². The van der Waals surface area contributed by atoms with E-state index in [1.54, 1.807) is 16.8 Å². The SMILES string of the molecule is O=C(NC1CCC1)C1CC2(CCCN(c3nncs3)C2)CO1. The van der Waals surface area contributed by atoms with Crippen LogP contribution >= 0.6 is 11.3 Å². The molecule has 2 saturated heterocycles. The Kier molecular flexibility index (Phi) is 3.78. The van der Waals surface area contributed by atoms with Crippen LogP contribution in [0.1, 0.15) is 38.5 Å². The molecule has 4 rings (SSSR count). The highest BCUT2D eigenvalue weighted by atomic mass is 32.1. The van der Waals surface area contributed by atoms with Gasteiger partial charge in [-0.1, -0.05) is 11.3 Å².